The molecule has 0 spiro atoms. The van der Waals surface area contributed by atoms with Gasteiger partial charge in [0, 0.05) is 12.4 Å². The van der Waals surface area contributed by atoms with Gasteiger partial charge in [-0.2, -0.15) is 0 Å². The van der Waals surface area contributed by atoms with Crippen molar-refractivity contribution >= 4 is 5.91 Å². The molecule has 2 N–H and O–H groups in total. The van der Waals surface area contributed by atoms with Crippen LogP contribution in [0.4, 0.5) is 0 Å². The smallest absolute Gasteiger partial charge is 0.246 e. The quantitative estimate of drug-likeness (QED) is 0.833. The second-order valence-electron chi connectivity index (χ2n) is 4.84. The summed E-state index contributed by atoms with van der Waals surface area (Å²) in [7, 11) is 0. The summed E-state index contributed by atoms with van der Waals surface area (Å²) in [5.74, 6) is -0.0742. The number of amides is 1. The van der Waals surface area contributed by atoms with E-state index in [0.29, 0.717) is 0 Å². The second kappa shape index (κ2) is 7.21. The van der Waals surface area contributed by atoms with Crippen LogP contribution in [0.2, 0.25) is 0 Å². The maximum absolute atomic E-state index is 11.8. The van der Waals surface area contributed by atoms with Gasteiger partial charge in [-0.15, -0.1) is 0 Å². The van der Waals surface area contributed by atoms with Gasteiger partial charge in [0.25, 0.3) is 0 Å². The molecule has 0 aromatic carbocycles. The van der Waals surface area contributed by atoms with Gasteiger partial charge in [0.2, 0.25) is 5.91 Å². The highest BCUT2D eigenvalue weighted by Gasteiger charge is 2.16. The summed E-state index contributed by atoms with van der Waals surface area (Å²) in [6, 6.07) is 3.77. The van der Waals surface area contributed by atoms with Gasteiger partial charge >= 0.3 is 0 Å². The van der Waals surface area contributed by atoms with Crippen molar-refractivity contribution in [2.75, 3.05) is 19.7 Å². The Hall–Kier alpha value is -1.46. The fraction of sp³-hybridized carbons (Fsp3) is 0.571. The summed E-state index contributed by atoms with van der Waals surface area (Å²) in [6.07, 6.45) is 5.65. The monoisotopic (exact) mass is 263 g/mol. The van der Waals surface area contributed by atoms with E-state index in [4.69, 9.17) is 4.74 Å². The molecular weight excluding hydrogens is 242 g/mol. The van der Waals surface area contributed by atoms with Gasteiger partial charge in [0.1, 0.15) is 6.61 Å². The number of carbonyl (C=O) groups is 1. The number of carbonyl (C=O) groups excluding carboxylic acids is 1. The predicted octanol–water partition coefficient (Wildman–Crippen LogP) is 1.03. The fourth-order valence-corrected chi connectivity index (χ4v) is 2.15. The lowest BCUT2D eigenvalue weighted by Gasteiger charge is -2.23. The molecule has 5 nitrogen and oxygen atoms in total. The van der Waals surface area contributed by atoms with E-state index < -0.39 is 0 Å². The number of nitrogens with zero attached hydrogens (tertiary/aromatic N) is 1. The van der Waals surface area contributed by atoms with E-state index in [0.717, 1.165) is 31.5 Å². The molecule has 1 amide bonds. The van der Waals surface area contributed by atoms with E-state index in [1.54, 1.807) is 12.4 Å². The first kappa shape index (κ1) is 14.0. The number of nitrogens with one attached hydrogen (secondary N) is 2. The van der Waals surface area contributed by atoms with Crippen LogP contribution < -0.4 is 10.6 Å². The molecule has 2 heterocycles. The molecular formula is C14H21N3O2. The fourth-order valence-electron chi connectivity index (χ4n) is 2.15. The molecule has 1 aromatic rings. The van der Waals surface area contributed by atoms with Crippen molar-refractivity contribution in [3.05, 3.63) is 30.1 Å². The van der Waals surface area contributed by atoms with Crippen molar-refractivity contribution in [1.82, 2.24) is 15.6 Å². The molecule has 1 aliphatic heterocycles. The van der Waals surface area contributed by atoms with Crippen LogP contribution in [0.15, 0.2) is 24.5 Å². The minimum Gasteiger partial charge on any atom is -0.368 e. The minimum atomic E-state index is -0.0742. The van der Waals surface area contributed by atoms with Gasteiger partial charge in [-0.3, -0.25) is 9.78 Å². The Labute approximate surface area is 113 Å². The molecule has 0 aliphatic carbocycles. The summed E-state index contributed by atoms with van der Waals surface area (Å²) in [4.78, 5) is 15.8. The van der Waals surface area contributed by atoms with E-state index in [1.807, 2.05) is 19.1 Å². The highest BCUT2D eigenvalue weighted by molar-refractivity contribution is 5.77. The van der Waals surface area contributed by atoms with Crippen molar-refractivity contribution < 1.29 is 9.53 Å². The molecule has 1 aliphatic rings. The number of aromatic nitrogens is 1. The van der Waals surface area contributed by atoms with Crippen molar-refractivity contribution in [1.29, 1.82) is 0 Å². The van der Waals surface area contributed by atoms with Crippen LogP contribution in [0.3, 0.4) is 0 Å². The lowest BCUT2D eigenvalue weighted by atomic mass is 10.1. The highest BCUT2D eigenvalue weighted by Crippen LogP contribution is 2.10. The standard InChI is InChI=1S/C14H21N3O2/c1-11(12-3-2-6-16-9-12)17-14(18)10-19-13-4-7-15-8-5-13/h2-3,6,9,11,13,15H,4-5,7-8,10H2,1H3,(H,17,18). The average Bonchev–Trinajstić information content (AvgIpc) is 2.47. The van der Waals surface area contributed by atoms with Crippen LogP contribution in [-0.2, 0) is 9.53 Å². The van der Waals surface area contributed by atoms with E-state index in [1.165, 1.54) is 0 Å². The minimum absolute atomic E-state index is 0.0437. The van der Waals surface area contributed by atoms with E-state index in [2.05, 4.69) is 15.6 Å². The molecule has 1 unspecified atom stereocenters. The number of ether oxygens (including phenoxy) is 1. The first-order valence-electron chi connectivity index (χ1n) is 6.77. The topological polar surface area (TPSA) is 63.2 Å². The van der Waals surface area contributed by atoms with Crippen LogP contribution in [0.5, 0.6) is 0 Å². The first-order chi connectivity index (χ1) is 9.25. The van der Waals surface area contributed by atoms with Gasteiger partial charge in [-0.1, -0.05) is 6.07 Å². The van der Waals surface area contributed by atoms with E-state index in [9.17, 15) is 4.79 Å². The molecule has 0 bridgehead atoms. The average molecular weight is 263 g/mol. The zero-order valence-electron chi connectivity index (χ0n) is 11.3. The Bertz CT molecular complexity index is 391. The summed E-state index contributed by atoms with van der Waals surface area (Å²) >= 11 is 0. The molecule has 1 fully saturated rings. The van der Waals surface area contributed by atoms with Crippen LogP contribution in [0.25, 0.3) is 0 Å². The second-order valence-corrected chi connectivity index (χ2v) is 4.84. The number of piperidine rings is 1. The van der Waals surface area contributed by atoms with Crippen LogP contribution in [-0.4, -0.2) is 36.7 Å². The summed E-state index contributed by atoms with van der Waals surface area (Å²) < 4.78 is 5.61. The third-order valence-corrected chi connectivity index (χ3v) is 3.30. The van der Waals surface area contributed by atoms with Gasteiger partial charge in [-0.25, -0.2) is 0 Å². The molecule has 1 atom stereocenters. The summed E-state index contributed by atoms with van der Waals surface area (Å²) in [5.41, 5.74) is 0.998. The highest BCUT2D eigenvalue weighted by atomic mass is 16.5. The molecule has 2 rings (SSSR count). The largest absolute Gasteiger partial charge is 0.368 e. The molecule has 0 radical (unpaired) electrons. The zero-order chi connectivity index (χ0) is 13.5. The number of hydrogen-bond acceptors (Lipinski definition) is 4. The summed E-state index contributed by atoms with van der Waals surface area (Å²) in [6.45, 7) is 4.02. The normalized spacial score (nSPS) is 17.9. The molecule has 5 heteroatoms. The maximum Gasteiger partial charge on any atom is 0.246 e. The first-order valence-corrected chi connectivity index (χ1v) is 6.77. The van der Waals surface area contributed by atoms with Crippen molar-refractivity contribution in [2.45, 2.75) is 31.9 Å². The lowest BCUT2D eigenvalue weighted by molar-refractivity contribution is -0.128. The Kier molecular flexibility index (Phi) is 5.30. The summed E-state index contributed by atoms with van der Waals surface area (Å²) in [5, 5.41) is 6.18. The maximum atomic E-state index is 11.8. The number of hydrogen-bond donors (Lipinski definition) is 2. The number of pyridine rings is 1. The van der Waals surface area contributed by atoms with Crippen LogP contribution in [0, 0.1) is 0 Å². The van der Waals surface area contributed by atoms with E-state index in [-0.39, 0.29) is 24.7 Å². The van der Waals surface area contributed by atoms with Gasteiger partial charge in [0.15, 0.2) is 0 Å². The molecule has 1 saturated heterocycles. The van der Waals surface area contributed by atoms with E-state index >= 15 is 0 Å². The number of rotatable bonds is 5. The van der Waals surface area contributed by atoms with Crippen LogP contribution in [0.1, 0.15) is 31.4 Å². The Morgan fingerprint density at radius 1 is 1.58 bits per heavy atom. The Morgan fingerprint density at radius 2 is 2.37 bits per heavy atom. The predicted molar refractivity (Wildman–Crippen MR) is 72.6 cm³/mol. The van der Waals surface area contributed by atoms with Crippen molar-refractivity contribution in [3.63, 3.8) is 0 Å². The van der Waals surface area contributed by atoms with Crippen molar-refractivity contribution in [3.8, 4) is 0 Å². The van der Waals surface area contributed by atoms with Gasteiger partial charge in [0.05, 0.1) is 12.1 Å². The van der Waals surface area contributed by atoms with Crippen molar-refractivity contribution in [2.24, 2.45) is 0 Å². The third kappa shape index (κ3) is 4.61. The lowest BCUT2D eigenvalue weighted by Crippen LogP contribution is -2.36. The third-order valence-electron chi connectivity index (χ3n) is 3.30. The molecule has 19 heavy (non-hydrogen) atoms. The van der Waals surface area contributed by atoms with Gasteiger partial charge < -0.3 is 15.4 Å². The SMILES string of the molecule is CC(NC(=O)COC1CCNCC1)c1cccnc1. The molecule has 104 valence electrons. The Balaban J connectivity index is 1.71. The Morgan fingerprint density at radius 3 is 3.05 bits per heavy atom. The molecule has 0 saturated carbocycles. The van der Waals surface area contributed by atoms with Crippen LogP contribution >= 0.6 is 0 Å². The molecule has 1 aromatic heterocycles. The van der Waals surface area contributed by atoms with Gasteiger partial charge in [-0.05, 0) is 44.5 Å². The zero-order valence-corrected chi connectivity index (χ0v) is 11.3.